The van der Waals surface area contributed by atoms with Gasteiger partial charge in [-0.05, 0) is 6.54 Å². The average molecular weight is 241 g/mol. The number of nitrogens with zero attached hydrogens (tertiary/aromatic N) is 2. The second-order valence-electron chi connectivity index (χ2n) is 4.72. The average Bonchev–Trinajstić information content (AvgIpc) is 2.40. The Kier molecular flexibility index (Phi) is 4.76. The lowest BCUT2D eigenvalue weighted by Crippen LogP contribution is -2.50. The van der Waals surface area contributed by atoms with Crippen molar-refractivity contribution in [1.82, 2.24) is 15.1 Å². The molecule has 1 atom stereocenters. The second-order valence-corrected chi connectivity index (χ2v) is 4.72. The van der Waals surface area contributed by atoms with E-state index in [0.717, 1.165) is 52.4 Å². The molecular weight excluding hydrogens is 218 g/mol. The first-order chi connectivity index (χ1) is 8.29. The number of carbonyl (C=O) groups is 1. The summed E-state index contributed by atoms with van der Waals surface area (Å²) in [6, 6.07) is 0. The number of piperazine rings is 1. The minimum atomic E-state index is 0.0699. The number of rotatable bonds is 3. The normalized spacial score (nSPS) is 27.1. The van der Waals surface area contributed by atoms with Crippen LogP contribution in [0.1, 0.15) is 13.3 Å². The van der Waals surface area contributed by atoms with Gasteiger partial charge in [0.15, 0.2) is 0 Å². The third-order valence-corrected chi connectivity index (χ3v) is 3.58. The maximum atomic E-state index is 12.1. The molecule has 5 heteroatoms. The van der Waals surface area contributed by atoms with Crippen molar-refractivity contribution in [3.63, 3.8) is 0 Å². The van der Waals surface area contributed by atoms with E-state index in [1.54, 1.807) is 0 Å². The molecule has 0 radical (unpaired) electrons. The number of hydrogen-bond donors (Lipinski definition) is 1. The van der Waals surface area contributed by atoms with Gasteiger partial charge in [-0.2, -0.15) is 0 Å². The highest BCUT2D eigenvalue weighted by molar-refractivity contribution is 5.76. The highest BCUT2D eigenvalue weighted by Gasteiger charge is 2.24. The molecule has 0 spiro atoms. The highest BCUT2D eigenvalue weighted by atomic mass is 16.5. The zero-order valence-electron chi connectivity index (χ0n) is 10.7. The summed E-state index contributed by atoms with van der Waals surface area (Å²) in [5, 5.41) is 3.26. The number of ether oxygens (including phenoxy) is 1. The summed E-state index contributed by atoms with van der Waals surface area (Å²) < 4.78 is 5.56. The van der Waals surface area contributed by atoms with Crippen molar-refractivity contribution >= 4 is 5.91 Å². The molecule has 2 saturated heterocycles. The molecule has 2 aliphatic heterocycles. The maximum absolute atomic E-state index is 12.1. The summed E-state index contributed by atoms with van der Waals surface area (Å²) in [4.78, 5) is 16.4. The minimum Gasteiger partial charge on any atom is -0.375 e. The first kappa shape index (κ1) is 12.8. The van der Waals surface area contributed by atoms with Crippen LogP contribution in [-0.4, -0.2) is 74.2 Å². The van der Waals surface area contributed by atoms with Crippen LogP contribution in [0.5, 0.6) is 0 Å². The van der Waals surface area contributed by atoms with Crippen LogP contribution < -0.4 is 5.32 Å². The van der Waals surface area contributed by atoms with Crippen LogP contribution in [0.2, 0.25) is 0 Å². The van der Waals surface area contributed by atoms with Gasteiger partial charge < -0.3 is 19.9 Å². The third kappa shape index (κ3) is 3.66. The van der Waals surface area contributed by atoms with E-state index in [0.29, 0.717) is 6.42 Å². The molecule has 0 bridgehead atoms. The maximum Gasteiger partial charge on any atom is 0.225 e. The number of carbonyl (C=O) groups excluding carboxylic acids is 1. The molecule has 0 aliphatic carbocycles. The second kappa shape index (κ2) is 6.33. The molecule has 17 heavy (non-hydrogen) atoms. The number of hydrogen-bond acceptors (Lipinski definition) is 4. The monoisotopic (exact) mass is 241 g/mol. The fourth-order valence-corrected chi connectivity index (χ4v) is 2.39. The summed E-state index contributed by atoms with van der Waals surface area (Å²) in [7, 11) is 0. The van der Waals surface area contributed by atoms with Gasteiger partial charge in [0.05, 0.1) is 19.1 Å². The van der Waals surface area contributed by atoms with E-state index >= 15 is 0 Å². The van der Waals surface area contributed by atoms with Crippen molar-refractivity contribution in [3.05, 3.63) is 0 Å². The highest BCUT2D eigenvalue weighted by Crippen LogP contribution is 2.08. The van der Waals surface area contributed by atoms with Gasteiger partial charge in [0.2, 0.25) is 5.91 Å². The fourth-order valence-electron chi connectivity index (χ4n) is 2.39. The summed E-state index contributed by atoms with van der Waals surface area (Å²) in [6.45, 7) is 9.43. The van der Waals surface area contributed by atoms with Crippen LogP contribution >= 0.6 is 0 Å². The van der Waals surface area contributed by atoms with E-state index in [1.165, 1.54) is 0 Å². The topological polar surface area (TPSA) is 44.8 Å². The summed E-state index contributed by atoms with van der Waals surface area (Å²) in [6.07, 6.45) is 0.597. The molecule has 2 rings (SSSR count). The SMILES string of the molecule is CCN1CCN(C(=O)CC2CNCCO2)CC1. The standard InChI is InChI=1S/C12H23N3O2/c1-2-14-4-6-15(7-5-14)12(16)9-11-10-13-3-8-17-11/h11,13H,2-10H2,1H3. The van der Waals surface area contributed by atoms with Crippen molar-refractivity contribution in [2.45, 2.75) is 19.4 Å². The summed E-state index contributed by atoms with van der Waals surface area (Å²) in [5.74, 6) is 0.245. The molecule has 0 saturated carbocycles. The Labute approximate surface area is 103 Å². The lowest BCUT2D eigenvalue weighted by Gasteiger charge is -2.35. The Bertz CT molecular complexity index is 246. The van der Waals surface area contributed by atoms with Crippen LogP contribution in [0.4, 0.5) is 0 Å². The van der Waals surface area contributed by atoms with E-state index in [-0.39, 0.29) is 12.0 Å². The van der Waals surface area contributed by atoms with Crippen LogP contribution in [-0.2, 0) is 9.53 Å². The van der Waals surface area contributed by atoms with Crippen molar-refractivity contribution in [2.75, 3.05) is 52.4 Å². The van der Waals surface area contributed by atoms with Crippen molar-refractivity contribution < 1.29 is 9.53 Å². The lowest BCUT2D eigenvalue weighted by molar-refractivity contribution is -0.136. The molecule has 2 heterocycles. The van der Waals surface area contributed by atoms with E-state index < -0.39 is 0 Å². The summed E-state index contributed by atoms with van der Waals surface area (Å²) >= 11 is 0. The van der Waals surface area contributed by atoms with E-state index in [4.69, 9.17) is 4.74 Å². The zero-order valence-corrected chi connectivity index (χ0v) is 10.7. The van der Waals surface area contributed by atoms with Gasteiger partial charge in [0.1, 0.15) is 0 Å². The smallest absolute Gasteiger partial charge is 0.225 e. The van der Waals surface area contributed by atoms with E-state index in [2.05, 4.69) is 17.1 Å². The van der Waals surface area contributed by atoms with Gasteiger partial charge in [-0.15, -0.1) is 0 Å². The third-order valence-electron chi connectivity index (χ3n) is 3.58. The molecule has 1 unspecified atom stereocenters. The predicted octanol–water partition coefficient (Wildman–Crippen LogP) is -0.471. The lowest BCUT2D eigenvalue weighted by atomic mass is 10.2. The van der Waals surface area contributed by atoms with Gasteiger partial charge in [-0.1, -0.05) is 6.92 Å². The first-order valence-corrected chi connectivity index (χ1v) is 6.62. The molecule has 1 N–H and O–H groups in total. The van der Waals surface area contributed by atoms with Gasteiger partial charge in [0, 0.05) is 39.3 Å². The molecule has 0 aromatic carbocycles. The van der Waals surface area contributed by atoms with Gasteiger partial charge >= 0.3 is 0 Å². The Morgan fingerprint density at radius 3 is 2.71 bits per heavy atom. The summed E-state index contributed by atoms with van der Waals surface area (Å²) in [5.41, 5.74) is 0. The first-order valence-electron chi connectivity index (χ1n) is 6.62. The molecule has 2 aliphatic rings. The number of likely N-dealkylation sites (N-methyl/N-ethyl adjacent to an activating group) is 1. The Morgan fingerprint density at radius 1 is 1.35 bits per heavy atom. The van der Waals surface area contributed by atoms with Crippen molar-refractivity contribution in [2.24, 2.45) is 0 Å². The zero-order chi connectivity index (χ0) is 12.1. The minimum absolute atomic E-state index is 0.0699. The largest absolute Gasteiger partial charge is 0.375 e. The molecular formula is C12H23N3O2. The van der Waals surface area contributed by atoms with Crippen molar-refractivity contribution in [1.29, 1.82) is 0 Å². The number of nitrogens with one attached hydrogen (secondary N) is 1. The van der Waals surface area contributed by atoms with Crippen LogP contribution in [0.15, 0.2) is 0 Å². The molecule has 1 amide bonds. The Morgan fingerprint density at radius 2 is 2.12 bits per heavy atom. The van der Waals surface area contributed by atoms with Gasteiger partial charge in [0.25, 0.3) is 0 Å². The number of morpholine rings is 1. The quantitative estimate of drug-likeness (QED) is 0.725. The Balaban J connectivity index is 1.72. The number of amides is 1. The van der Waals surface area contributed by atoms with Crippen LogP contribution in [0.3, 0.4) is 0 Å². The molecule has 2 fully saturated rings. The predicted molar refractivity (Wildman–Crippen MR) is 65.9 cm³/mol. The van der Waals surface area contributed by atoms with Gasteiger partial charge in [-0.25, -0.2) is 0 Å². The molecule has 98 valence electrons. The van der Waals surface area contributed by atoms with E-state index in [1.807, 2.05) is 4.90 Å². The molecule has 0 aromatic heterocycles. The Hall–Kier alpha value is -0.650. The van der Waals surface area contributed by atoms with Crippen LogP contribution in [0.25, 0.3) is 0 Å². The molecule has 0 aromatic rings. The van der Waals surface area contributed by atoms with Crippen molar-refractivity contribution in [3.8, 4) is 0 Å². The van der Waals surface area contributed by atoms with Gasteiger partial charge in [-0.3, -0.25) is 4.79 Å². The molecule has 5 nitrogen and oxygen atoms in total. The fraction of sp³-hybridized carbons (Fsp3) is 0.917. The van der Waals surface area contributed by atoms with Crippen LogP contribution in [0, 0.1) is 0 Å². The van der Waals surface area contributed by atoms with E-state index in [9.17, 15) is 4.79 Å².